The molecule has 8 nitrogen and oxygen atoms in total. The Hall–Kier alpha value is -3.13. The summed E-state index contributed by atoms with van der Waals surface area (Å²) in [5.41, 5.74) is 2.84. The van der Waals surface area contributed by atoms with E-state index < -0.39 is 24.6 Å². The zero-order valence-corrected chi connectivity index (χ0v) is 18.1. The Morgan fingerprint density at radius 2 is 1.87 bits per heavy atom. The average molecular weight is 428 g/mol. The van der Waals surface area contributed by atoms with Crippen molar-refractivity contribution < 1.29 is 24.2 Å². The molecule has 0 radical (unpaired) electrons. The molecule has 1 fully saturated rings. The van der Waals surface area contributed by atoms with Crippen molar-refractivity contribution in [3.05, 3.63) is 52.3 Å². The van der Waals surface area contributed by atoms with Crippen molar-refractivity contribution in [2.75, 3.05) is 11.9 Å². The number of para-hydroxylation sites is 1. The Labute approximate surface area is 181 Å². The number of carbonyl (C=O) groups is 3. The monoisotopic (exact) mass is 427 g/mol. The van der Waals surface area contributed by atoms with Crippen LogP contribution in [-0.2, 0) is 9.53 Å². The third-order valence-corrected chi connectivity index (χ3v) is 5.59. The van der Waals surface area contributed by atoms with Crippen molar-refractivity contribution in [1.29, 1.82) is 0 Å². The van der Waals surface area contributed by atoms with Gasteiger partial charge in [0.15, 0.2) is 6.61 Å². The number of hydrogen-bond donors (Lipinski definition) is 4. The summed E-state index contributed by atoms with van der Waals surface area (Å²) in [5, 5.41) is 15.5. The van der Waals surface area contributed by atoms with Gasteiger partial charge in [-0.25, -0.2) is 4.79 Å². The quantitative estimate of drug-likeness (QED) is 0.506. The van der Waals surface area contributed by atoms with E-state index in [1.165, 1.54) is 0 Å². The maximum atomic E-state index is 12.6. The number of esters is 1. The highest BCUT2D eigenvalue weighted by Gasteiger charge is 2.23. The van der Waals surface area contributed by atoms with Crippen LogP contribution in [0, 0.1) is 13.8 Å². The van der Waals surface area contributed by atoms with E-state index in [1.54, 1.807) is 45.0 Å². The van der Waals surface area contributed by atoms with Crippen LogP contribution in [0.2, 0.25) is 0 Å². The Balaban J connectivity index is 1.61. The van der Waals surface area contributed by atoms with E-state index in [0.717, 1.165) is 25.7 Å². The number of rotatable bonds is 7. The Kier molecular flexibility index (Phi) is 7.12. The molecule has 0 bridgehead atoms. The van der Waals surface area contributed by atoms with Gasteiger partial charge in [0.25, 0.3) is 11.8 Å². The molecule has 1 atom stereocenters. The third kappa shape index (κ3) is 5.32. The summed E-state index contributed by atoms with van der Waals surface area (Å²) in [4.78, 5) is 40.3. The van der Waals surface area contributed by atoms with Gasteiger partial charge >= 0.3 is 5.97 Å². The van der Waals surface area contributed by atoms with Gasteiger partial charge in [0.1, 0.15) is 5.69 Å². The molecule has 1 aliphatic rings. The molecule has 31 heavy (non-hydrogen) atoms. The number of aryl methyl sites for hydroxylation is 1. The van der Waals surface area contributed by atoms with Crippen LogP contribution >= 0.6 is 0 Å². The van der Waals surface area contributed by atoms with Gasteiger partial charge in [-0.2, -0.15) is 0 Å². The van der Waals surface area contributed by atoms with Crippen molar-refractivity contribution in [2.24, 2.45) is 0 Å². The van der Waals surface area contributed by atoms with Crippen LogP contribution in [0.15, 0.2) is 24.3 Å². The van der Waals surface area contributed by atoms with Gasteiger partial charge in [0, 0.05) is 17.3 Å². The van der Waals surface area contributed by atoms with Gasteiger partial charge in [-0.3, -0.25) is 9.59 Å². The highest BCUT2D eigenvalue weighted by atomic mass is 16.5. The number of amides is 2. The van der Waals surface area contributed by atoms with E-state index in [9.17, 15) is 19.5 Å². The highest BCUT2D eigenvalue weighted by molar-refractivity contribution is 6.04. The minimum absolute atomic E-state index is 0.163. The number of aliphatic hydroxyl groups is 1. The minimum atomic E-state index is -0.729. The average Bonchev–Trinajstić information content (AvgIpc) is 3.33. The van der Waals surface area contributed by atoms with Gasteiger partial charge in [-0.15, -0.1) is 0 Å². The molecule has 1 saturated carbocycles. The number of aromatic nitrogens is 1. The second kappa shape index (κ2) is 9.78. The lowest BCUT2D eigenvalue weighted by Crippen LogP contribution is -2.33. The molecule has 0 spiro atoms. The number of aromatic amines is 1. The first-order valence-electron chi connectivity index (χ1n) is 10.5. The molecule has 2 amide bonds. The first-order valence-corrected chi connectivity index (χ1v) is 10.5. The molecule has 0 aliphatic heterocycles. The van der Waals surface area contributed by atoms with E-state index in [-0.39, 0.29) is 17.6 Å². The normalized spacial score (nSPS) is 14.8. The molecule has 166 valence electrons. The number of anilines is 1. The predicted octanol–water partition coefficient (Wildman–Crippen LogP) is 3.15. The van der Waals surface area contributed by atoms with Crippen molar-refractivity contribution in [3.63, 3.8) is 0 Å². The predicted molar refractivity (Wildman–Crippen MR) is 116 cm³/mol. The lowest BCUT2D eigenvalue weighted by atomic mass is 10.1. The number of benzene rings is 1. The number of ether oxygens (including phenoxy) is 1. The summed E-state index contributed by atoms with van der Waals surface area (Å²) in [6, 6.07) is 6.90. The zero-order chi connectivity index (χ0) is 22.5. The zero-order valence-electron chi connectivity index (χ0n) is 18.1. The van der Waals surface area contributed by atoms with Crippen LogP contribution in [0.1, 0.15) is 76.4 Å². The molecular formula is C23H29N3O5. The Morgan fingerprint density at radius 1 is 1.19 bits per heavy atom. The minimum Gasteiger partial charge on any atom is -0.451 e. The first-order chi connectivity index (χ1) is 14.8. The van der Waals surface area contributed by atoms with E-state index >= 15 is 0 Å². The number of carbonyl (C=O) groups excluding carboxylic acids is 3. The van der Waals surface area contributed by atoms with E-state index in [0.29, 0.717) is 28.1 Å². The summed E-state index contributed by atoms with van der Waals surface area (Å²) >= 11 is 0. The number of H-pyrrole nitrogens is 1. The second-order valence-corrected chi connectivity index (χ2v) is 7.96. The summed E-state index contributed by atoms with van der Waals surface area (Å²) < 4.78 is 5.13. The molecular weight excluding hydrogens is 398 g/mol. The van der Waals surface area contributed by atoms with E-state index in [2.05, 4.69) is 15.6 Å². The van der Waals surface area contributed by atoms with E-state index in [4.69, 9.17) is 4.74 Å². The van der Waals surface area contributed by atoms with Gasteiger partial charge in [0.2, 0.25) is 0 Å². The molecule has 8 heteroatoms. The van der Waals surface area contributed by atoms with Crippen LogP contribution in [0.3, 0.4) is 0 Å². The van der Waals surface area contributed by atoms with Crippen LogP contribution in [-0.4, -0.2) is 40.5 Å². The molecule has 2 aromatic rings. The summed E-state index contributed by atoms with van der Waals surface area (Å²) in [7, 11) is 0. The molecule has 3 rings (SSSR count). The van der Waals surface area contributed by atoms with Gasteiger partial charge in [-0.1, -0.05) is 25.0 Å². The number of hydrogen-bond acceptors (Lipinski definition) is 5. The summed E-state index contributed by atoms with van der Waals surface area (Å²) in [5.74, 6) is -1.47. The smallest absolute Gasteiger partial charge is 0.355 e. The van der Waals surface area contributed by atoms with Crippen LogP contribution in [0.25, 0.3) is 0 Å². The lowest BCUT2D eigenvalue weighted by molar-refractivity contribution is -0.119. The van der Waals surface area contributed by atoms with Gasteiger partial charge < -0.3 is 25.5 Å². The van der Waals surface area contributed by atoms with Crippen LogP contribution < -0.4 is 10.6 Å². The van der Waals surface area contributed by atoms with Crippen molar-refractivity contribution >= 4 is 23.5 Å². The number of nitrogens with one attached hydrogen (secondary N) is 3. The SMILES string of the molecule is Cc1[nH]c(C(=O)OCC(=O)Nc2ccccc2C(=O)NC2CCCC2)c(C)c1[C@@H](C)O. The topological polar surface area (TPSA) is 121 Å². The highest BCUT2D eigenvalue weighted by Crippen LogP contribution is 2.25. The van der Waals surface area contributed by atoms with Crippen molar-refractivity contribution in [2.45, 2.75) is 58.6 Å². The Bertz CT molecular complexity index is 974. The van der Waals surface area contributed by atoms with Crippen LogP contribution in [0.4, 0.5) is 5.69 Å². The summed E-state index contributed by atoms with van der Waals surface area (Å²) in [6.07, 6.45) is 3.41. The second-order valence-electron chi connectivity index (χ2n) is 7.96. The molecule has 4 N–H and O–H groups in total. The van der Waals surface area contributed by atoms with Gasteiger partial charge in [0.05, 0.1) is 17.4 Å². The Morgan fingerprint density at radius 3 is 2.52 bits per heavy atom. The lowest BCUT2D eigenvalue weighted by Gasteiger charge is -2.15. The molecule has 1 heterocycles. The molecule has 0 unspecified atom stereocenters. The largest absolute Gasteiger partial charge is 0.451 e. The fourth-order valence-electron chi connectivity index (χ4n) is 4.11. The molecule has 1 aromatic heterocycles. The molecule has 1 aromatic carbocycles. The van der Waals surface area contributed by atoms with Crippen LogP contribution in [0.5, 0.6) is 0 Å². The van der Waals surface area contributed by atoms with E-state index in [1.807, 2.05) is 0 Å². The summed E-state index contributed by atoms with van der Waals surface area (Å²) in [6.45, 7) is 4.58. The molecule has 0 saturated heterocycles. The fourth-order valence-corrected chi connectivity index (χ4v) is 4.11. The van der Waals surface area contributed by atoms with Gasteiger partial charge in [-0.05, 0) is 51.3 Å². The fraction of sp³-hybridized carbons (Fsp3) is 0.435. The number of aliphatic hydroxyl groups excluding tert-OH is 1. The first kappa shape index (κ1) is 22.6. The molecule has 1 aliphatic carbocycles. The van der Waals surface area contributed by atoms with Crippen molar-refractivity contribution in [1.82, 2.24) is 10.3 Å². The maximum Gasteiger partial charge on any atom is 0.355 e. The maximum absolute atomic E-state index is 12.6. The third-order valence-electron chi connectivity index (χ3n) is 5.59. The standard InChI is InChI=1S/C23H29N3O5/c1-13-20(15(3)27)14(2)24-21(13)23(30)31-12-19(28)26-18-11-7-6-10-17(18)22(29)25-16-8-4-5-9-16/h6-7,10-11,15-16,24,27H,4-5,8-9,12H2,1-3H3,(H,25,29)(H,26,28)/t15-/m1/s1. The van der Waals surface area contributed by atoms with Crippen molar-refractivity contribution in [3.8, 4) is 0 Å².